The molecule has 1 N–H and O–H groups in total. The molecule has 1 aliphatic carbocycles. The van der Waals surface area contributed by atoms with Gasteiger partial charge in [-0.15, -0.1) is 0 Å². The van der Waals surface area contributed by atoms with Gasteiger partial charge in [-0.1, -0.05) is 0 Å². The molecule has 1 aliphatic heterocycles. The number of nitrogens with one attached hydrogen (secondary N) is 1. The summed E-state index contributed by atoms with van der Waals surface area (Å²) >= 11 is 0. The summed E-state index contributed by atoms with van der Waals surface area (Å²) in [6, 6.07) is 3.60. The standard InChI is InChI=1S/C17H25N3O2/c1-17(2,3)20-9-11-7-12(10-20)15(11)16(21)19-13-5-6-14(22-4)18-8-13/h5-6,8,11-12,15H,7,9-10H2,1-4H3,(H,19,21). The first kappa shape index (κ1) is 15.3. The third-order valence-corrected chi connectivity index (χ3v) is 5.00. The van der Waals surface area contributed by atoms with Crippen molar-refractivity contribution in [2.45, 2.75) is 32.7 Å². The number of hydrogen-bond acceptors (Lipinski definition) is 4. The summed E-state index contributed by atoms with van der Waals surface area (Å²) in [5.74, 6) is 1.83. The van der Waals surface area contributed by atoms with Gasteiger partial charge in [-0.25, -0.2) is 4.98 Å². The van der Waals surface area contributed by atoms with Crippen LogP contribution in [0.4, 0.5) is 5.69 Å². The normalized spacial score (nSPS) is 27.9. The second kappa shape index (κ2) is 5.54. The van der Waals surface area contributed by atoms with Gasteiger partial charge in [-0.05, 0) is 45.1 Å². The number of anilines is 1. The maximum Gasteiger partial charge on any atom is 0.228 e. The molecule has 2 aliphatic rings. The molecule has 2 bridgehead atoms. The van der Waals surface area contributed by atoms with Gasteiger partial charge in [0.05, 0.1) is 19.0 Å². The highest BCUT2D eigenvalue weighted by molar-refractivity contribution is 5.93. The predicted molar refractivity (Wildman–Crippen MR) is 85.8 cm³/mol. The van der Waals surface area contributed by atoms with E-state index >= 15 is 0 Å². The van der Waals surface area contributed by atoms with Gasteiger partial charge in [0.2, 0.25) is 11.8 Å². The number of carbonyl (C=O) groups is 1. The Kier molecular flexibility index (Phi) is 3.85. The van der Waals surface area contributed by atoms with E-state index in [9.17, 15) is 4.79 Å². The van der Waals surface area contributed by atoms with Crippen LogP contribution in [-0.2, 0) is 4.79 Å². The molecule has 0 radical (unpaired) electrons. The summed E-state index contributed by atoms with van der Waals surface area (Å²) in [6.07, 6.45) is 2.83. The van der Waals surface area contributed by atoms with E-state index in [2.05, 4.69) is 36.0 Å². The molecule has 1 aromatic rings. The van der Waals surface area contributed by atoms with Crippen molar-refractivity contribution in [2.75, 3.05) is 25.5 Å². The van der Waals surface area contributed by atoms with E-state index in [1.54, 1.807) is 19.4 Å². The van der Waals surface area contributed by atoms with Gasteiger partial charge in [0.15, 0.2) is 0 Å². The van der Waals surface area contributed by atoms with Gasteiger partial charge >= 0.3 is 0 Å². The summed E-state index contributed by atoms with van der Waals surface area (Å²) in [4.78, 5) is 19.2. The molecule has 2 unspecified atom stereocenters. The molecule has 120 valence electrons. The second-order valence-electron chi connectivity index (χ2n) is 7.44. The zero-order valence-corrected chi connectivity index (χ0v) is 13.8. The molecule has 1 saturated heterocycles. The van der Waals surface area contributed by atoms with Crippen molar-refractivity contribution in [3.63, 3.8) is 0 Å². The summed E-state index contributed by atoms with van der Waals surface area (Å²) in [7, 11) is 1.58. The number of hydrogen-bond donors (Lipinski definition) is 1. The van der Waals surface area contributed by atoms with Crippen molar-refractivity contribution in [3.8, 4) is 5.88 Å². The monoisotopic (exact) mass is 303 g/mol. The first-order valence-electron chi connectivity index (χ1n) is 7.94. The van der Waals surface area contributed by atoms with Crippen molar-refractivity contribution in [2.24, 2.45) is 17.8 Å². The van der Waals surface area contributed by atoms with Crippen molar-refractivity contribution in [3.05, 3.63) is 18.3 Å². The lowest BCUT2D eigenvalue weighted by atomic mass is 9.60. The number of rotatable bonds is 3. The van der Waals surface area contributed by atoms with Gasteiger partial charge in [-0.2, -0.15) is 0 Å². The number of methoxy groups -OCH3 is 1. The molecule has 0 aromatic carbocycles. The minimum absolute atomic E-state index is 0.141. The van der Waals surface area contributed by atoms with E-state index in [1.807, 2.05) is 6.07 Å². The van der Waals surface area contributed by atoms with Crippen molar-refractivity contribution in [1.29, 1.82) is 0 Å². The molecule has 0 spiro atoms. The van der Waals surface area contributed by atoms with Crippen LogP contribution in [0.15, 0.2) is 18.3 Å². The number of ether oxygens (including phenoxy) is 1. The Morgan fingerprint density at radius 2 is 2.00 bits per heavy atom. The molecular weight excluding hydrogens is 278 g/mol. The highest BCUT2D eigenvalue weighted by atomic mass is 16.5. The molecule has 5 nitrogen and oxygen atoms in total. The minimum Gasteiger partial charge on any atom is -0.481 e. The lowest BCUT2D eigenvalue weighted by Crippen LogP contribution is -2.62. The smallest absolute Gasteiger partial charge is 0.228 e. The molecule has 1 aromatic heterocycles. The number of nitrogens with zero attached hydrogens (tertiary/aromatic N) is 2. The SMILES string of the molecule is COc1ccc(NC(=O)C2C3CC2CN(C(C)(C)C)C3)cn1. The van der Waals surface area contributed by atoms with Gasteiger partial charge in [0.1, 0.15) is 0 Å². The second-order valence-corrected chi connectivity index (χ2v) is 7.44. The van der Waals surface area contributed by atoms with Gasteiger partial charge in [-0.3, -0.25) is 9.69 Å². The van der Waals surface area contributed by atoms with Crippen LogP contribution in [-0.4, -0.2) is 41.5 Å². The van der Waals surface area contributed by atoms with Crippen LogP contribution in [0.25, 0.3) is 0 Å². The Balaban J connectivity index is 1.60. The third-order valence-electron chi connectivity index (χ3n) is 5.00. The lowest BCUT2D eigenvalue weighted by Gasteiger charge is -2.56. The minimum atomic E-state index is 0.141. The first-order valence-corrected chi connectivity index (χ1v) is 7.94. The zero-order chi connectivity index (χ0) is 15.9. The lowest BCUT2D eigenvalue weighted by molar-refractivity contribution is -0.140. The Bertz CT molecular complexity index is 538. The molecule has 3 rings (SSSR count). The van der Waals surface area contributed by atoms with E-state index in [-0.39, 0.29) is 17.4 Å². The zero-order valence-electron chi connectivity index (χ0n) is 13.8. The highest BCUT2D eigenvalue weighted by Crippen LogP contribution is 2.47. The van der Waals surface area contributed by atoms with Crippen LogP contribution in [0.1, 0.15) is 27.2 Å². The van der Waals surface area contributed by atoms with E-state index in [0.29, 0.717) is 17.7 Å². The predicted octanol–water partition coefficient (Wildman–Crippen LogP) is 2.40. The molecule has 2 heterocycles. The van der Waals surface area contributed by atoms with Crippen molar-refractivity contribution < 1.29 is 9.53 Å². The van der Waals surface area contributed by atoms with E-state index in [1.165, 1.54) is 6.42 Å². The summed E-state index contributed by atoms with van der Waals surface area (Å²) < 4.78 is 5.03. The number of piperidine rings is 2. The van der Waals surface area contributed by atoms with E-state index in [4.69, 9.17) is 4.74 Å². The molecule has 5 heteroatoms. The van der Waals surface area contributed by atoms with E-state index in [0.717, 1.165) is 18.8 Å². The van der Waals surface area contributed by atoms with Crippen molar-refractivity contribution >= 4 is 11.6 Å². The molecule has 1 amide bonds. The summed E-state index contributed by atoms with van der Waals surface area (Å²) in [5, 5.41) is 3.00. The Labute approximate surface area is 132 Å². The fourth-order valence-corrected chi connectivity index (χ4v) is 3.66. The average Bonchev–Trinajstić information content (AvgIpc) is 2.47. The van der Waals surface area contributed by atoms with Crippen molar-refractivity contribution in [1.82, 2.24) is 9.88 Å². The fourth-order valence-electron chi connectivity index (χ4n) is 3.66. The quantitative estimate of drug-likeness (QED) is 0.931. The average molecular weight is 303 g/mol. The fraction of sp³-hybridized carbons (Fsp3) is 0.647. The number of carbonyl (C=O) groups excluding carboxylic acids is 1. The topological polar surface area (TPSA) is 54.5 Å². The van der Waals surface area contributed by atoms with Crippen LogP contribution in [0.2, 0.25) is 0 Å². The maximum atomic E-state index is 12.5. The van der Waals surface area contributed by atoms with Crippen LogP contribution in [0, 0.1) is 17.8 Å². The van der Waals surface area contributed by atoms with Gasteiger partial charge in [0, 0.05) is 30.6 Å². The first-order chi connectivity index (χ1) is 10.4. The third kappa shape index (κ3) is 2.82. The van der Waals surface area contributed by atoms with Crippen LogP contribution in [0.3, 0.4) is 0 Å². The van der Waals surface area contributed by atoms with Crippen LogP contribution >= 0.6 is 0 Å². The summed E-state index contributed by atoms with van der Waals surface area (Å²) in [5.41, 5.74) is 0.932. The Morgan fingerprint density at radius 3 is 2.50 bits per heavy atom. The van der Waals surface area contributed by atoms with Gasteiger partial charge < -0.3 is 10.1 Å². The molecule has 22 heavy (non-hydrogen) atoms. The molecule has 2 fully saturated rings. The number of likely N-dealkylation sites (tertiary alicyclic amines) is 1. The van der Waals surface area contributed by atoms with Crippen LogP contribution < -0.4 is 10.1 Å². The summed E-state index contributed by atoms with van der Waals surface area (Å²) in [6.45, 7) is 8.79. The number of amides is 1. The number of aromatic nitrogens is 1. The Morgan fingerprint density at radius 1 is 1.32 bits per heavy atom. The largest absolute Gasteiger partial charge is 0.481 e. The number of fused-ring (bicyclic) bond motifs is 2. The molecule has 1 saturated carbocycles. The molecular formula is C17H25N3O2. The van der Waals surface area contributed by atoms with E-state index < -0.39 is 0 Å². The van der Waals surface area contributed by atoms with Crippen LogP contribution in [0.5, 0.6) is 5.88 Å². The van der Waals surface area contributed by atoms with Gasteiger partial charge in [0.25, 0.3) is 0 Å². The highest BCUT2D eigenvalue weighted by Gasteiger charge is 2.51. The Hall–Kier alpha value is -1.62. The number of pyridine rings is 1. The maximum absolute atomic E-state index is 12.5. The molecule has 2 atom stereocenters.